The van der Waals surface area contributed by atoms with Gasteiger partial charge in [0.15, 0.2) is 11.7 Å². The Labute approximate surface area is 148 Å². The molecule has 7 nitrogen and oxygen atoms in total. The predicted molar refractivity (Wildman–Crippen MR) is 95.1 cm³/mol. The number of esters is 1. The zero-order valence-corrected chi connectivity index (χ0v) is 14.6. The average Bonchev–Trinajstić information content (AvgIpc) is 3.18. The lowest BCUT2D eigenvalue weighted by Gasteiger charge is -2.05. The first-order valence-electron chi connectivity index (χ1n) is 7.68. The number of anilines is 1. The molecule has 1 N–H and O–H groups in total. The first kappa shape index (κ1) is 17.0. The summed E-state index contributed by atoms with van der Waals surface area (Å²) in [6.07, 6.45) is 1.73. The zero-order valence-electron chi connectivity index (χ0n) is 13.8. The van der Waals surface area contributed by atoms with E-state index in [1.54, 1.807) is 29.9 Å². The highest BCUT2D eigenvalue weighted by atomic mass is 32.1. The van der Waals surface area contributed by atoms with Crippen LogP contribution in [0.1, 0.15) is 17.4 Å². The van der Waals surface area contributed by atoms with E-state index in [9.17, 15) is 9.59 Å². The van der Waals surface area contributed by atoms with Crippen LogP contribution < -0.4 is 10.1 Å². The predicted octanol–water partition coefficient (Wildman–Crippen LogP) is 2.83. The van der Waals surface area contributed by atoms with E-state index in [4.69, 9.17) is 9.47 Å². The van der Waals surface area contributed by atoms with Crippen LogP contribution in [0, 0.1) is 0 Å². The number of thiazole rings is 1. The Balaban J connectivity index is 1.60. The molecule has 1 amide bonds. The van der Waals surface area contributed by atoms with Crippen LogP contribution in [0.4, 0.5) is 5.13 Å². The van der Waals surface area contributed by atoms with Crippen molar-refractivity contribution in [1.82, 2.24) is 9.55 Å². The molecule has 3 aromatic rings. The van der Waals surface area contributed by atoms with Crippen LogP contribution in [0.25, 0.3) is 10.2 Å². The second-order valence-corrected chi connectivity index (χ2v) is 6.24. The van der Waals surface area contributed by atoms with E-state index in [2.05, 4.69) is 10.3 Å². The van der Waals surface area contributed by atoms with Gasteiger partial charge < -0.3 is 14.0 Å². The van der Waals surface area contributed by atoms with Gasteiger partial charge in [0.25, 0.3) is 5.91 Å². The highest BCUT2D eigenvalue weighted by Gasteiger charge is 2.14. The maximum atomic E-state index is 12.0. The standard InChI is InChI=1S/C17H17N3O4S/c1-3-23-11-6-7-12-14(9-11)25-17(18-12)19-15(21)10-24-16(22)13-5-4-8-20(13)2/h4-9H,3,10H2,1-2H3,(H,18,19,21). The van der Waals surface area contributed by atoms with Crippen molar-refractivity contribution < 1.29 is 19.1 Å². The van der Waals surface area contributed by atoms with Crippen LogP contribution in [0.2, 0.25) is 0 Å². The van der Waals surface area contributed by atoms with Crippen molar-refractivity contribution in [1.29, 1.82) is 0 Å². The molecule has 0 atom stereocenters. The van der Waals surface area contributed by atoms with Crippen molar-refractivity contribution in [3.8, 4) is 5.75 Å². The molecule has 0 bridgehead atoms. The average molecular weight is 359 g/mol. The Morgan fingerprint density at radius 3 is 2.88 bits per heavy atom. The summed E-state index contributed by atoms with van der Waals surface area (Å²) in [6.45, 7) is 2.13. The van der Waals surface area contributed by atoms with Gasteiger partial charge in [0.05, 0.1) is 16.8 Å². The molecular formula is C17H17N3O4S. The molecule has 0 aliphatic rings. The minimum atomic E-state index is -0.548. The molecule has 25 heavy (non-hydrogen) atoms. The van der Waals surface area contributed by atoms with Crippen LogP contribution in [-0.4, -0.2) is 34.6 Å². The Bertz CT molecular complexity index is 916. The van der Waals surface area contributed by atoms with Gasteiger partial charge in [0.1, 0.15) is 11.4 Å². The molecule has 0 aliphatic heterocycles. The molecule has 0 aliphatic carbocycles. The molecule has 3 rings (SSSR count). The van der Waals surface area contributed by atoms with Gasteiger partial charge in [0, 0.05) is 13.2 Å². The fourth-order valence-corrected chi connectivity index (χ4v) is 3.16. The van der Waals surface area contributed by atoms with Gasteiger partial charge in [-0.25, -0.2) is 9.78 Å². The number of carbonyl (C=O) groups excluding carboxylic acids is 2. The molecular weight excluding hydrogens is 342 g/mol. The molecule has 0 saturated carbocycles. The van der Waals surface area contributed by atoms with Gasteiger partial charge in [-0.2, -0.15) is 0 Å². The topological polar surface area (TPSA) is 82.5 Å². The van der Waals surface area contributed by atoms with E-state index >= 15 is 0 Å². The summed E-state index contributed by atoms with van der Waals surface area (Å²) < 4.78 is 13.0. The van der Waals surface area contributed by atoms with E-state index in [-0.39, 0.29) is 6.61 Å². The molecule has 8 heteroatoms. The van der Waals surface area contributed by atoms with Crippen LogP contribution in [0.5, 0.6) is 5.75 Å². The molecule has 0 fully saturated rings. The molecule has 2 heterocycles. The normalized spacial score (nSPS) is 10.6. The van der Waals surface area contributed by atoms with E-state index < -0.39 is 11.9 Å². The minimum Gasteiger partial charge on any atom is -0.494 e. The third-order valence-corrected chi connectivity index (χ3v) is 4.34. The summed E-state index contributed by atoms with van der Waals surface area (Å²) in [4.78, 5) is 28.2. The van der Waals surface area contributed by atoms with Gasteiger partial charge in [-0.3, -0.25) is 10.1 Å². The van der Waals surface area contributed by atoms with Gasteiger partial charge in [-0.1, -0.05) is 11.3 Å². The van der Waals surface area contributed by atoms with Crippen LogP contribution in [-0.2, 0) is 16.6 Å². The Hall–Kier alpha value is -2.87. The quantitative estimate of drug-likeness (QED) is 0.684. The first-order chi connectivity index (χ1) is 12.1. The van der Waals surface area contributed by atoms with Crippen molar-refractivity contribution in [2.24, 2.45) is 7.05 Å². The number of ether oxygens (including phenoxy) is 2. The zero-order chi connectivity index (χ0) is 17.8. The number of fused-ring (bicyclic) bond motifs is 1. The van der Waals surface area contributed by atoms with Gasteiger partial charge >= 0.3 is 5.97 Å². The number of benzene rings is 1. The van der Waals surface area contributed by atoms with Crippen LogP contribution in [0.3, 0.4) is 0 Å². The highest BCUT2D eigenvalue weighted by molar-refractivity contribution is 7.22. The second-order valence-electron chi connectivity index (χ2n) is 5.21. The van der Waals surface area contributed by atoms with Crippen molar-refractivity contribution in [2.45, 2.75) is 6.92 Å². The van der Waals surface area contributed by atoms with E-state index in [0.29, 0.717) is 17.4 Å². The number of aromatic nitrogens is 2. The Morgan fingerprint density at radius 1 is 1.32 bits per heavy atom. The monoisotopic (exact) mass is 359 g/mol. The summed E-state index contributed by atoms with van der Waals surface area (Å²) >= 11 is 1.33. The Kier molecular flexibility index (Phi) is 4.99. The first-order valence-corrected chi connectivity index (χ1v) is 8.50. The smallest absolute Gasteiger partial charge is 0.355 e. The number of nitrogens with zero attached hydrogens (tertiary/aromatic N) is 2. The number of amides is 1. The number of carbonyl (C=O) groups is 2. The van der Waals surface area contributed by atoms with Crippen molar-refractivity contribution in [3.05, 3.63) is 42.2 Å². The fraction of sp³-hybridized carbons (Fsp3) is 0.235. The number of hydrogen-bond donors (Lipinski definition) is 1. The lowest BCUT2D eigenvalue weighted by molar-refractivity contribution is -0.119. The maximum absolute atomic E-state index is 12.0. The van der Waals surface area contributed by atoms with Crippen molar-refractivity contribution in [2.75, 3.05) is 18.5 Å². The molecule has 130 valence electrons. The number of aryl methyl sites for hydroxylation is 1. The third kappa shape index (κ3) is 3.97. The second kappa shape index (κ2) is 7.35. The number of nitrogens with one attached hydrogen (secondary N) is 1. The maximum Gasteiger partial charge on any atom is 0.355 e. The molecule has 0 unspecified atom stereocenters. The lowest BCUT2D eigenvalue weighted by atomic mass is 10.3. The van der Waals surface area contributed by atoms with E-state index in [1.807, 2.05) is 25.1 Å². The SMILES string of the molecule is CCOc1ccc2nc(NC(=O)COC(=O)c3cccn3C)sc2c1. The van der Waals surface area contributed by atoms with Crippen LogP contribution >= 0.6 is 11.3 Å². The minimum absolute atomic E-state index is 0.371. The van der Waals surface area contributed by atoms with Crippen LogP contribution in [0.15, 0.2) is 36.5 Å². The van der Waals surface area contributed by atoms with Gasteiger partial charge in [0.2, 0.25) is 0 Å². The highest BCUT2D eigenvalue weighted by Crippen LogP contribution is 2.29. The molecule has 0 saturated heterocycles. The molecule has 2 aromatic heterocycles. The fourth-order valence-electron chi connectivity index (χ4n) is 2.25. The lowest BCUT2D eigenvalue weighted by Crippen LogP contribution is -2.21. The molecule has 0 radical (unpaired) electrons. The van der Waals surface area contributed by atoms with Crippen molar-refractivity contribution in [3.63, 3.8) is 0 Å². The van der Waals surface area contributed by atoms with E-state index in [0.717, 1.165) is 16.0 Å². The summed E-state index contributed by atoms with van der Waals surface area (Å²) in [6, 6.07) is 8.90. The summed E-state index contributed by atoms with van der Waals surface area (Å²) in [7, 11) is 1.73. The summed E-state index contributed by atoms with van der Waals surface area (Å²) in [5, 5.41) is 3.09. The molecule has 1 aromatic carbocycles. The summed E-state index contributed by atoms with van der Waals surface area (Å²) in [5.74, 6) is -0.229. The van der Waals surface area contributed by atoms with Gasteiger partial charge in [-0.15, -0.1) is 0 Å². The van der Waals surface area contributed by atoms with E-state index in [1.165, 1.54) is 11.3 Å². The molecule has 0 spiro atoms. The third-order valence-electron chi connectivity index (χ3n) is 3.40. The largest absolute Gasteiger partial charge is 0.494 e. The van der Waals surface area contributed by atoms with Gasteiger partial charge in [-0.05, 0) is 37.3 Å². The number of hydrogen-bond acceptors (Lipinski definition) is 6. The Morgan fingerprint density at radius 2 is 2.16 bits per heavy atom. The van der Waals surface area contributed by atoms with Crippen molar-refractivity contribution >= 4 is 38.6 Å². The summed E-state index contributed by atoms with van der Waals surface area (Å²) in [5.41, 5.74) is 1.15. The number of rotatable bonds is 6.